The topological polar surface area (TPSA) is 91.4 Å². The Hall–Kier alpha value is -2.81. The van der Waals surface area contributed by atoms with Crippen LogP contribution in [0.1, 0.15) is 17.4 Å². The van der Waals surface area contributed by atoms with Gasteiger partial charge in [-0.15, -0.1) is 11.3 Å². The van der Waals surface area contributed by atoms with Crippen molar-refractivity contribution < 1.29 is 18.8 Å². The molecule has 1 aromatic heterocycles. The Bertz CT molecular complexity index is 851. The molecule has 130 valence electrons. The molecule has 1 saturated heterocycles. The molecule has 2 heterocycles. The molecule has 2 aromatic rings. The van der Waals surface area contributed by atoms with Gasteiger partial charge in [0.25, 0.3) is 5.91 Å². The van der Waals surface area contributed by atoms with Gasteiger partial charge in [0.05, 0.1) is 0 Å². The van der Waals surface area contributed by atoms with E-state index < -0.39 is 35.7 Å². The second kappa shape index (κ2) is 6.25. The Kier molecular flexibility index (Phi) is 4.25. The number of imide groups is 1. The van der Waals surface area contributed by atoms with Gasteiger partial charge >= 0.3 is 6.03 Å². The molecule has 0 bridgehead atoms. The van der Waals surface area contributed by atoms with E-state index in [0.29, 0.717) is 10.7 Å². The molecule has 0 aliphatic carbocycles. The van der Waals surface area contributed by atoms with Crippen molar-refractivity contribution in [2.24, 2.45) is 0 Å². The smallest absolute Gasteiger partial charge is 0.319 e. The maximum Gasteiger partial charge on any atom is 0.325 e. The van der Waals surface area contributed by atoms with Gasteiger partial charge in [0, 0.05) is 11.1 Å². The molecule has 0 spiro atoms. The molecule has 0 saturated carbocycles. The fourth-order valence-corrected chi connectivity index (χ4v) is 3.22. The number of rotatable bonds is 4. The summed E-state index contributed by atoms with van der Waals surface area (Å²) in [6.45, 7) is 2.93. The molecule has 9 heteroatoms. The normalized spacial score (nSPS) is 19.9. The largest absolute Gasteiger partial charge is 0.325 e. The zero-order valence-electron chi connectivity index (χ0n) is 13.5. The number of amides is 4. The quantitative estimate of drug-likeness (QED) is 0.814. The van der Waals surface area contributed by atoms with Crippen LogP contribution in [0.3, 0.4) is 0 Å². The number of thiazole rings is 1. The standard InChI is InChI=1S/C16H15FN4O3S/c1-9-7-18-14(25-9)19-12(22)8-21-13(23)16(2,20-15(21)24)10-3-5-11(17)6-4-10/h3-7H,8H2,1-2H3,(H,20,24)(H,18,19,22)/t16-/m0/s1. The van der Waals surface area contributed by atoms with E-state index in [1.165, 1.54) is 42.5 Å². The summed E-state index contributed by atoms with van der Waals surface area (Å²) in [5.74, 6) is -1.55. The fraction of sp³-hybridized carbons (Fsp3) is 0.250. The number of carbonyl (C=O) groups is 3. The minimum atomic E-state index is -1.34. The Balaban J connectivity index is 1.74. The van der Waals surface area contributed by atoms with E-state index in [1.54, 1.807) is 6.20 Å². The number of carbonyl (C=O) groups excluding carboxylic acids is 3. The van der Waals surface area contributed by atoms with Crippen molar-refractivity contribution in [2.75, 3.05) is 11.9 Å². The highest BCUT2D eigenvalue weighted by Crippen LogP contribution is 2.29. The SMILES string of the molecule is Cc1cnc(NC(=O)CN2C(=O)N[C@@](C)(c3ccc(F)cc3)C2=O)s1. The predicted molar refractivity (Wildman–Crippen MR) is 89.5 cm³/mol. The molecule has 3 rings (SSSR count). The monoisotopic (exact) mass is 362 g/mol. The molecule has 0 radical (unpaired) electrons. The van der Waals surface area contributed by atoms with Crippen LogP contribution in [0.4, 0.5) is 14.3 Å². The van der Waals surface area contributed by atoms with Crippen LogP contribution in [0.5, 0.6) is 0 Å². The van der Waals surface area contributed by atoms with Gasteiger partial charge < -0.3 is 10.6 Å². The molecule has 1 aliphatic heterocycles. The van der Waals surface area contributed by atoms with Gasteiger partial charge in [-0.1, -0.05) is 12.1 Å². The van der Waals surface area contributed by atoms with Crippen molar-refractivity contribution in [3.05, 3.63) is 46.7 Å². The van der Waals surface area contributed by atoms with Crippen LogP contribution >= 0.6 is 11.3 Å². The van der Waals surface area contributed by atoms with Crippen molar-refractivity contribution in [1.29, 1.82) is 0 Å². The molecule has 2 N–H and O–H groups in total. The molecule has 7 nitrogen and oxygen atoms in total. The van der Waals surface area contributed by atoms with E-state index in [2.05, 4.69) is 15.6 Å². The molecular weight excluding hydrogens is 347 g/mol. The number of hydrogen-bond donors (Lipinski definition) is 2. The molecule has 1 fully saturated rings. The second-order valence-corrected chi connectivity index (χ2v) is 7.01. The summed E-state index contributed by atoms with van der Waals surface area (Å²) in [6, 6.07) is 4.59. The number of halogens is 1. The third-order valence-electron chi connectivity index (χ3n) is 3.87. The Labute approximate surface area is 146 Å². The average Bonchev–Trinajstić information content (AvgIpc) is 3.05. The third kappa shape index (κ3) is 3.22. The van der Waals surface area contributed by atoms with E-state index >= 15 is 0 Å². The maximum atomic E-state index is 13.1. The van der Waals surface area contributed by atoms with Crippen LogP contribution in [-0.2, 0) is 15.1 Å². The zero-order valence-corrected chi connectivity index (χ0v) is 14.3. The molecule has 1 atom stereocenters. The highest BCUT2D eigenvalue weighted by molar-refractivity contribution is 7.15. The van der Waals surface area contributed by atoms with Gasteiger partial charge in [0.2, 0.25) is 5.91 Å². The fourth-order valence-electron chi connectivity index (χ4n) is 2.53. The highest BCUT2D eigenvalue weighted by Gasteiger charge is 2.49. The first-order valence-electron chi connectivity index (χ1n) is 7.42. The van der Waals surface area contributed by atoms with Crippen LogP contribution in [0.15, 0.2) is 30.5 Å². The van der Waals surface area contributed by atoms with E-state index in [4.69, 9.17) is 0 Å². The van der Waals surface area contributed by atoms with Gasteiger partial charge in [-0.25, -0.2) is 14.2 Å². The van der Waals surface area contributed by atoms with Crippen LogP contribution < -0.4 is 10.6 Å². The minimum Gasteiger partial charge on any atom is -0.319 e. The van der Waals surface area contributed by atoms with Crippen molar-refractivity contribution >= 4 is 34.3 Å². The minimum absolute atomic E-state index is 0.399. The number of nitrogens with zero attached hydrogens (tertiary/aromatic N) is 2. The number of urea groups is 1. The summed E-state index contributed by atoms with van der Waals surface area (Å²) in [4.78, 5) is 42.7. The van der Waals surface area contributed by atoms with Crippen LogP contribution in [0.2, 0.25) is 0 Å². The molecular formula is C16H15FN4O3S. The number of aromatic nitrogens is 1. The van der Waals surface area contributed by atoms with Crippen molar-refractivity contribution in [3.8, 4) is 0 Å². The van der Waals surface area contributed by atoms with Crippen LogP contribution in [0, 0.1) is 12.7 Å². The van der Waals surface area contributed by atoms with Gasteiger partial charge in [-0.3, -0.25) is 14.5 Å². The van der Waals surface area contributed by atoms with Crippen LogP contribution in [0.25, 0.3) is 0 Å². The summed E-state index contributed by atoms with van der Waals surface area (Å²) >= 11 is 1.29. The molecule has 0 unspecified atom stereocenters. The van der Waals surface area contributed by atoms with Crippen molar-refractivity contribution in [2.45, 2.75) is 19.4 Å². The lowest BCUT2D eigenvalue weighted by Gasteiger charge is -2.22. The number of hydrogen-bond acceptors (Lipinski definition) is 5. The summed E-state index contributed by atoms with van der Waals surface area (Å²) in [6.07, 6.45) is 1.61. The molecule has 1 aliphatic rings. The zero-order chi connectivity index (χ0) is 18.2. The number of benzene rings is 1. The first-order valence-corrected chi connectivity index (χ1v) is 8.23. The van der Waals surface area contributed by atoms with Crippen LogP contribution in [-0.4, -0.2) is 34.3 Å². The number of aryl methyl sites for hydroxylation is 1. The first-order chi connectivity index (χ1) is 11.8. The molecule has 25 heavy (non-hydrogen) atoms. The number of anilines is 1. The summed E-state index contributed by atoms with van der Waals surface area (Å²) in [7, 11) is 0. The Morgan fingerprint density at radius 2 is 2.04 bits per heavy atom. The summed E-state index contributed by atoms with van der Waals surface area (Å²) in [5, 5.41) is 5.51. The predicted octanol–water partition coefficient (Wildman–Crippen LogP) is 2.00. The van der Waals surface area contributed by atoms with E-state index in [0.717, 1.165) is 9.78 Å². The van der Waals surface area contributed by atoms with Gasteiger partial charge in [-0.2, -0.15) is 0 Å². The summed E-state index contributed by atoms with van der Waals surface area (Å²) in [5.41, 5.74) is -0.909. The molecule has 4 amide bonds. The average molecular weight is 362 g/mol. The lowest BCUT2D eigenvalue weighted by Crippen LogP contribution is -2.42. The summed E-state index contributed by atoms with van der Waals surface area (Å²) < 4.78 is 13.1. The maximum absolute atomic E-state index is 13.1. The van der Waals surface area contributed by atoms with Gasteiger partial charge in [0.1, 0.15) is 17.9 Å². The second-order valence-electron chi connectivity index (χ2n) is 5.78. The van der Waals surface area contributed by atoms with E-state index in [-0.39, 0.29) is 0 Å². The highest BCUT2D eigenvalue weighted by atomic mass is 32.1. The molecule has 1 aromatic carbocycles. The Morgan fingerprint density at radius 1 is 1.36 bits per heavy atom. The lowest BCUT2D eigenvalue weighted by molar-refractivity contribution is -0.133. The van der Waals surface area contributed by atoms with Crippen molar-refractivity contribution in [3.63, 3.8) is 0 Å². The Morgan fingerprint density at radius 3 is 2.64 bits per heavy atom. The third-order valence-corrected chi connectivity index (χ3v) is 4.69. The first kappa shape index (κ1) is 17.0. The van der Waals surface area contributed by atoms with E-state index in [9.17, 15) is 18.8 Å². The lowest BCUT2D eigenvalue weighted by atomic mass is 9.92. The van der Waals surface area contributed by atoms with Gasteiger partial charge in [-0.05, 0) is 31.5 Å². The van der Waals surface area contributed by atoms with Gasteiger partial charge in [0.15, 0.2) is 5.13 Å². The number of nitrogens with one attached hydrogen (secondary N) is 2. The van der Waals surface area contributed by atoms with Crippen molar-refractivity contribution in [1.82, 2.24) is 15.2 Å². The van der Waals surface area contributed by atoms with E-state index in [1.807, 2.05) is 6.92 Å².